The molecule has 2 aromatic rings. The third kappa shape index (κ3) is 3.64. The number of alkyl halides is 3. The van der Waals surface area contributed by atoms with Gasteiger partial charge in [0.15, 0.2) is 0 Å². The van der Waals surface area contributed by atoms with Crippen molar-refractivity contribution < 1.29 is 13.2 Å². The van der Waals surface area contributed by atoms with Crippen molar-refractivity contribution in [1.29, 1.82) is 10.5 Å². The Labute approximate surface area is 135 Å². The summed E-state index contributed by atoms with van der Waals surface area (Å²) < 4.78 is 39.0. The minimum absolute atomic E-state index is 0.0131. The molecule has 2 rings (SSSR count). The predicted molar refractivity (Wildman–Crippen MR) is 75.2 cm³/mol. The topological polar surface area (TPSA) is 114 Å². The van der Waals surface area contributed by atoms with Crippen LogP contribution >= 0.6 is 15.9 Å². The number of nitrogens with one attached hydrogen (secondary N) is 2. The molecule has 0 bridgehead atoms. The molecule has 0 amide bonds. The number of rotatable bonds is 3. The highest BCUT2D eigenvalue weighted by Gasteiger charge is 2.34. The van der Waals surface area contributed by atoms with Crippen LogP contribution in [0.25, 0.3) is 5.57 Å². The Bertz CT molecular complexity index is 828. The fraction of sp³-hybridized carbons (Fsp3) is 0.0833. The maximum atomic E-state index is 12.9. The van der Waals surface area contributed by atoms with Crippen LogP contribution in [0.15, 0.2) is 22.8 Å². The smallest absolute Gasteiger partial charge is 0.359 e. The van der Waals surface area contributed by atoms with E-state index < -0.39 is 17.3 Å². The van der Waals surface area contributed by atoms with Gasteiger partial charge in [-0.05, 0) is 33.3 Å². The predicted octanol–water partition coefficient (Wildman–Crippen LogP) is 2.83. The van der Waals surface area contributed by atoms with Crippen LogP contribution in [0.2, 0.25) is 0 Å². The number of nitriles is 2. The molecule has 0 aliphatic carbocycles. The second kappa shape index (κ2) is 6.46. The van der Waals surface area contributed by atoms with E-state index in [4.69, 9.17) is 10.5 Å². The molecule has 0 spiro atoms. The van der Waals surface area contributed by atoms with Gasteiger partial charge in [-0.15, -0.1) is 10.2 Å². The van der Waals surface area contributed by atoms with Crippen molar-refractivity contribution in [2.75, 3.05) is 5.32 Å². The van der Waals surface area contributed by atoms with Gasteiger partial charge < -0.3 is 5.32 Å². The fourth-order valence-electron chi connectivity index (χ4n) is 1.58. The summed E-state index contributed by atoms with van der Waals surface area (Å²) in [7, 11) is 0. The van der Waals surface area contributed by atoms with Crippen LogP contribution in [0, 0.1) is 22.7 Å². The average molecular weight is 384 g/mol. The van der Waals surface area contributed by atoms with Gasteiger partial charge in [0, 0.05) is 10.7 Å². The molecule has 1 heterocycles. The van der Waals surface area contributed by atoms with Crippen molar-refractivity contribution in [2.45, 2.75) is 6.18 Å². The van der Waals surface area contributed by atoms with Crippen molar-refractivity contribution in [3.05, 3.63) is 39.8 Å². The molecule has 116 valence electrons. The van der Waals surface area contributed by atoms with Gasteiger partial charge in [0.05, 0.1) is 22.9 Å². The van der Waals surface area contributed by atoms with Crippen LogP contribution < -0.4 is 5.32 Å². The molecule has 23 heavy (non-hydrogen) atoms. The van der Waals surface area contributed by atoms with Crippen molar-refractivity contribution in [1.82, 2.24) is 20.6 Å². The molecule has 2 N–H and O–H groups in total. The zero-order chi connectivity index (χ0) is 17.0. The minimum Gasteiger partial charge on any atom is -0.359 e. The molecule has 0 unspecified atom stereocenters. The highest BCUT2D eigenvalue weighted by Crippen LogP contribution is 2.36. The van der Waals surface area contributed by atoms with Crippen LogP contribution in [-0.2, 0) is 6.18 Å². The molecule has 0 aliphatic rings. The van der Waals surface area contributed by atoms with Crippen LogP contribution in [0.5, 0.6) is 0 Å². The zero-order valence-corrected chi connectivity index (χ0v) is 12.6. The molecule has 0 saturated carbocycles. The van der Waals surface area contributed by atoms with Gasteiger partial charge in [-0.3, -0.25) is 0 Å². The first kappa shape index (κ1) is 16.5. The van der Waals surface area contributed by atoms with Crippen LogP contribution in [0.3, 0.4) is 0 Å². The molecular formula is C12H5BrF3N7. The summed E-state index contributed by atoms with van der Waals surface area (Å²) in [5.74, 6) is -0.0131. The Balaban J connectivity index is 2.41. The number of tetrazole rings is 1. The SMILES string of the molecule is N#CC(=CNc1cc(C(F)(F)F)c(C#N)cc1Br)c1nn[nH]n1. The zero-order valence-electron chi connectivity index (χ0n) is 11.0. The Morgan fingerprint density at radius 1 is 1.35 bits per heavy atom. The van der Waals surface area contributed by atoms with Crippen molar-refractivity contribution in [3.63, 3.8) is 0 Å². The van der Waals surface area contributed by atoms with E-state index in [2.05, 4.69) is 41.9 Å². The number of H-pyrrole nitrogens is 1. The molecular weight excluding hydrogens is 379 g/mol. The minimum atomic E-state index is -4.68. The number of benzene rings is 1. The van der Waals surface area contributed by atoms with Gasteiger partial charge in [-0.1, -0.05) is 0 Å². The number of aromatic nitrogens is 4. The highest BCUT2D eigenvalue weighted by molar-refractivity contribution is 9.10. The van der Waals surface area contributed by atoms with E-state index >= 15 is 0 Å². The number of nitrogens with zero attached hydrogens (tertiary/aromatic N) is 5. The summed E-state index contributed by atoms with van der Waals surface area (Å²) in [6.45, 7) is 0. The van der Waals surface area contributed by atoms with Crippen LogP contribution in [-0.4, -0.2) is 20.6 Å². The van der Waals surface area contributed by atoms with Gasteiger partial charge in [0.25, 0.3) is 0 Å². The first-order chi connectivity index (χ1) is 10.9. The lowest BCUT2D eigenvalue weighted by Crippen LogP contribution is -2.09. The molecule has 11 heteroatoms. The standard InChI is InChI=1S/C12H5BrF3N7/c13-9-1-6(3-17)8(12(14,15)16)2-10(9)19-5-7(4-18)11-20-22-23-21-11/h1-2,5,19H,(H,20,21,22,23). The van der Waals surface area contributed by atoms with Crippen LogP contribution in [0.4, 0.5) is 18.9 Å². The normalized spacial score (nSPS) is 11.7. The number of hydrogen-bond donors (Lipinski definition) is 2. The van der Waals surface area contributed by atoms with E-state index in [1.807, 2.05) is 0 Å². The molecule has 7 nitrogen and oxygen atoms in total. The Morgan fingerprint density at radius 3 is 2.61 bits per heavy atom. The quantitative estimate of drug-likeness (QED) is 0.787. The second-order valence-corrected chi connectivity index (χ2v) is 4.89. The lowest BCUT2D eigenvalue weighted by atomic mass is 10.1. The Morgan fingerprint density at radius 2 is 2.09 bits per heavy atom. The Kier molecular flexibility index (Phi) is 4.62. The third-order valence-corrected chi connectivity index (χ3v) is 3.27. The van der Waals surface area contributed by atoms with E-state index in [-0.39, 0.29) is 21.6 Å². The fourth-order valence-corrected chi connectivity index (χ4v) is 2.04. The first-order valence-corrected chi connectivity index (χ1v) is 6.57. The largest absolute Gasteiger partial charge is 0.417 e. The van der Waals surface area contributed by atoms with E-state index in [1.54, 1.807) is 6.07 Å². The van der Waals surface area contributed by atoms with E-state index in [0.717, 1.165) is 18.3 Å². The molecule has 0 saturated heterocycles. The summed E-state index contributed by atoms with van der Waals surface area (Å²) in [5, 5.41) is 33.0. The lowest BCUT2D eigenvalue weighted by Gasteiger charge is -2.12. The average Bonchev–Trinajstić information content (AvgIpc) is 3.02. The maximum Gasteiger partial charge on any atom is 0.417 e. The van der Waals surface area contributed by atoms with E-state index in [1.165, 1.54) is 6.07 Å². The van der Waals surface area contributed by atoms with Gasteiger partial charge in [-0.25, -0.2) is 0 Å². The molecule has 0 fully saturated rings. The van der Waals surface area contributed by atoms with Gasteiger partial charge in [0.2, 0.25) is 5.82 Å². The second-order valence-electron chi connectivity index (χ2n) is 4.04. The first-order valence-electron chi connectivity index (χ1n) is 5.78. The van der Waals surface area contributed by atoms with Gasteiger partial charge in [-0.2, -0.15) is 28.9 Å². The van der Waals surface area contributed by atoms with Gasteiger partial charge >= 0.3 is 6.18 Å². The summed E-state index contributed by atoms with van der Waals surface area (Å²) in [6.07, 6.45) is -3.55. The summed E-state index contributed by atoms with van der Waals surface area (Å²) in [4.78, 5) is 0. The lowest BCUT2D eigenvalue weighted by molar-refractivity contribution is -0.137. The van der Waals surface area contributed by atoms with Crippen LogP contribution in [0.1, 0.15) is 17.0 Å². The molecule has 0 aliphatic heterocycles. The van der Waals surface area contributed by atoms with E-state index in [9.17, 15) is 13.2 Å². The highest BCUT2D eigenvalue weighted by atomic mass is 79.9. The molecule has 1 aromatic heterocycles. The summed E-state index contributed by atoms with van der Waals surface area (Å²) in [6, 6.07) is 5.09. The van der Waals surface area contributed by atoms with Crippen molar-refractivity contribution >= 4 is 27.2 Å². The van der Waals surface area contributed by atoms with E-state index in [0.29, 0.717) is 0 Å². The number of halogens is 4. The van der Waals surface area contributed by atoms with Crippen molar-refractivity contribution in [2.24, 2.45) is 0 Å². The summed E-state index contributed by atoms with van der Waals surface area (Å²) >= 11 is 3.07. The number of allylic oxidation sites excluding steroid dienone is 1. The monoisotopic (exact) mass is 383 g/mol. The molecule has 1 aromatic carbocycles. The number of anilines is 1. The van der Waals surface area contributed by atoms with Gasteiger partial charge in [0.1, 0.15) is 11.6 Å². The maximum absolute atomic E-state index is 12.9. The van der Waals surface area contributed by atoms with Crippen molar-refractivity contribution in [3.8, 4) is 12.1 Å². The Hall–Kier alpha value is -2.92. The third-order valence-electron chi connectivity index (χ3n) is 2.61. The molecule has 0 atom stereocenters. The molecule has 0 radical (unpaired) electrons. The number of hydrogen-bond acceptors (Lipinski definition) is 6. The summed E-state index contributed by atoms with van der Waals surface area (Å²) in [5.41, 5.74) is -1.62. The number of aromatic amines is 1.